The monoisotopic (exact) mass is 156 g/mol. The zero-order valence-electron chi connectivity index (χ0n) is 7.18. The molecule has 2 N–H and O–H groups in total. The van der Waals surface area contributed by atoms with Crippen LogP contribution in [0.2, 0.25) is 0 Å². The fourth-order valence-corrected chi connectivity index (χ4v) is 1.40. The van der Waals surface area contributed by atoms with Crippen molar-refractivity contribution in [2.24, 2.45) is 5.92 Å². The fraction of sp³-hybridized carbons (Fsp3) is 0.875. The van der Waals surface area contributed by atoms with Gasteiger partial charge in [0.25, 0.3) is 0 Å². The SMILES string of the molecule is CC(C)C[C@H]1CNCC(=O)N1. The largest absolute Gasteiger partial charge is 0.351 e. The van der Waals surface area contributed by atoms with E-state index in [0.717, 1.165) is 13.0 Å². The van der Waals surface area contributed by atoms with E-state index in [1.54, 1.807) is 0 Å². The lowest BCUT2D eigenvalue weighted by atomic mass is 10.0. The summed E-state index contributed by atoms with van der Waals surface area (Å²) in [5.74, 6) is 0.780. The summed E-state index contributed by atoms with van der Waals surface area (Å²) in [5.41, 5.74) is 0. The molecule has 11 heavy (non-hydrogen) atoms. The summed E-state index contributed by atoms with van der Waals surface area (Å²) in [7, 11) is 0. The Kier molecular flexibility index (Phi) is 2.88. The maximum absolute atomic E-state index is 10.9. The van der Waals surface area contributed by atoms with Crippen LogP contribution in [-0.2, 0) is 4.79 Å². The summed E-state index contributed by atoms with van der Waals surface area (Å²) in [6.45, 7) is 5.74. The first-order chi connectivity index (χ1) is 5.18. The van der Waals surface area contributed by atoms with Crippen molar-refractivity contribution in [3.8, 4) is 0 Å². The van der Waals surface area contributed by atoms with E-state index in [4.69, 9.17) is 0 Å². The Balaban J connectivity index is 2.28. The van der Waals surface area contributed by atoms with E-state index in [1.165, 1.54) is 0 Å². The van der Waals surface area contributed by atoms with Gasteiger partial charge in [-0.05, 0) is 12.3 Å². The second kappa shape index (κ2) is 3.72. The molecule has 1 atom stereocenters. The predicted molar refractivity (Wildman–Crippen MR) is 44.3 cm³/mol. The van der Waals surface area contributed by atoms with Crippen LogP contribution in [0.25, 0.3) is 0 Å². The van der Waals surface area contributed by atoms with Gasteiger partial charge in [-0.1, -0.05) is 13.8 Å². The molecule has 0 aromatic heterocycles. The molecule has 1 saturated heterocycles. The molecule has 3 nitrogen and oxygen atoms in total. The molecule has 0 aromatic rings. The van der Waals surface area contributed by atoms with Crippen molar-refractivity contribution >= 4 is 5.91 Å². The molecule has 0 saturated carbocycles. The van der Waals surface area contributed by atoms with Gasteiger partial charge in [-0.15, -0.1) is 0 Å². The third kappa shape index (κ3) is 2.89. The summed E-state index contributed by atoms with van der Waals surface area (Å²) < 4.78 is 0. The molecule has 0 radical (unpaired) electrons. The fourth-order valence-electron chi connectivity index (χ4n) is 1.40. The number of rotatable bonds is 2. The van der Waals surface area contributed by atoms with E-state index >= 15 is 0 Å². The number of carbonyl (C=O) groups excluding carboxylic acids is 1. The highest BCUT2D eigenvalue weighted by Gasteiger charge is 2.17. The normalized spacial score (nSPS) is 25.4. The van der Waals surface area contributed by atoms with Crippen LogP contribution in [0.15, 0.2) is 0 Å². The highest BCUT2D eigenvalue weighted by Crippen LogP contribution is 2.04. The van der Waals surface area contributed by atoms with Crippen LogP contribution in [0.4, 0.5) is 0 Å². The lowest BCUT2D eigenvalue weighted by Gasteiger charge is -2.25. The van der Waals surface area contributed by atoms with Crippen LogP contribution in [0.1, 0.15) is 20.3 Å². The minimum absolute atomic E-state index is 0.127. The molecular formula is C8H16N2O. The van der Waals surface area contributed by atoms with Crippen molar-refractivity contribution in [3.63, 3.8) is 0 Å². The van der Waals surface area contributed by atoms with Crippen LogP contribution >= 0.6 is 0 Å². The van der Waals surface area contributed by atoms with Gasteiger partial charge in [0, 0.05) is 12.6 Å². The van der Waals surface area contributed by atoms with Crippen LogP contribution < -0.4 is 10.6 Å². The number of hydrogen-bond donors (Lipinski definition) is 2. The van der Waals surface area contributed by atoms with Crippen molar-refractivity contribution in [1.29, 1.82) is 0 Å². The first kappa shape index (κ1) is 8.53. The molecule has 0 spiro atoms. The third-order valence-corrected chi connectivity index (χ3v) is 1.80. The van der Waals surface area contributed by atoms with Gasteiger partial charge in [-0.25, -0.2) is 0 Å². The average molecular weight is 156 g/mol. The molecule has 0 bridgehead atoms. The van der Waals surface area contributed by atoms with Crippen molar-refractivity contribution < 1.29 is 4.79 Å². The molecule has 1 aliphatic rings. The minimum atomic E-state index is 0.127. The van der Waals surface area contributed by atoms with E-state index in [2.05, 4.69) is 24.5 Å². The summed E-state index contributed by atoms with van der Waals surface area (Å²) in [4.78, 5) is 10.9. The van der Waals surface area contributed by atoms with Gasteiger partial charge in [0.1, 0.15) is 0 Å². The number of nitrogens with one attached hydrogen (secondary N) is 2. The molecule has 1 fully saturated rings. The van der Waals surface area contributed by atoms with Crippen LogP contribution in [0, 0.1) is 5.92 Å². The first-order valence-electron chi connectivity index (χ1n) is 4.18. The number of piperazine rings is 1. The Bertz CT molecular complexity index is 145. The zero-order valence-corrected chi connectivity index (χ0v) is 7.18. The van der Waals surface area contributed by atoms with Crippen molar-refractivity contribution in [1.82, 2.24) is 10.6 Å². The molecule has 1 rings (SSSR count). The van der Waals surface area contributed by atoms with Gasteiger partial charge < -0.3 is 10.6 Å². The van der Waals surface area contributed by atoms with E-state index < -0.39 is 0 Å². The van der Waals surface area contributed by atoms with E-state index in [-0.39, 0.29) is 5.91 Å². The quantitative estimate of drug-likeness (QED) is 0.596. The van der Waals surface area contributed by atoms with Crippen molar-refractivity contribution in [3.05, 3.63) is 0 Å². The van der Waals surface area contributed by atoms with Gasteiger partial charge in [-0.3, -0.25) is 4.79 Å². The Hall–Kier alpha value is -0.570. The lowest BCUT2D eigenvalue weighted by molar-refractivity contribution is -0.122. The molecular weight excluding hydrogens is 140 g/mol. The zero-order chi connectivity index (χ0) is 8.27. The van der Waals surface area contributed by atoms with Crippen LogP contribution in [-0.4, -0.2) is 25.0 Å². The van der Waals surface area contributed by atoms with Gasteiger partial charge in [0.15, 0.2) is 0 Å². The second-order valence-electron chi connectivity index (χ2n) is 3.52. The van der Waals surface area contributed by atoms with Gasteiger partial charge in [-0.2, -0.15) is 0 Å². The minimum Gasteiger partial charge on any atom is -0.351 e. The van der Waals surface area contributed by atoms with Crippen molar-refractivity contribution in [2.45, 2.75) is 26.3 Å². The standard InChI is InChI=1S/C8H16N2O/c1-6(2)3-7-4-9-5-8(11)10-7/h6-7,9H,3-5H2,1-2H3,(H,10,11)/t7-/m0/s1. The highest BCUT2D eigenvalue weighted by molar-refractivity contribution is 5.79. The van der Waals surface area contributed by atoms with E-state index in [0.29, 0.717) is 18.5 Å². The Morgan fingerprint density at radius 2 is 2.36 bits per heavy atom. The maximum atomic E-state index is 10.9. The van der Waals surface area contributed by atoms with Crippen LogP contribution in [0.3, 0.4) is 0 Å². The maximum Gasteiger partial charge on any atom is 0.234 e. The Morgan fingerprint density at radius 3 is 2.91 bits per heavy atom. The molecule has 0 aromatic carbocycles. The molecule has 1 aliphatic heterocycles. The number of amides is 1. The smallest absolute Gasteiger partial charge is 0.234 e. The topological polar surface area (TPSA) is 41.1 Å². The van der Waals surface area contributed by atoms with Crippen LogP contribution in [0.5, 0.6) is 0 Å². The molecule has 0 aliphatic carbocycles. The number of carbonyl (C=O) groups is 1. The van der Waals surface area contributed by atoms with Gasteiger partial charge in [0.2, 0.25) is 5.91 Å². The molecule has 0 unspecified atom stereocenters. The first-order valence-corrected chi connectivity index (χ1v) is 4.18. The Morgan fingerprint density at radius 1 is 1.64 bits per heavy atom. The summed E-state index contributed by atoms with van der Waals surface area (Å²) in [5, 5.41) is 6.02. The van der Waals surface area contributed by atoms with Gasteiger partial charge >= 0.3 is 0 Å². The average Bonchev–Trinajstić information content (AvgIpc) is 1.85. The second-order valence-corrected chi connectivity index (χ2v) is 3.52. The lowest BCUT2D eigenvalue weighted by Crippen LogP contribution is -2.52. The molecule has 64 valence electrons. The molecule has 3 heteroatoms. The third-order valence-electron chi connectivity index (χ3n) is 1.80. The summed E-state index contributed by atoms with van der Waals surface area (Å²) >= 11 is 0. The van der Waals surface area contributed by atoms with Crippen molar-refractivity contribution in [2.75, 3.05) is 13.1 Å². The summed E-state index contributed by atoms with van der Waals surface area (Å²) in [6.07, 6.45) is 1.07. The van der Waals surface area contributed by atoms with E-state index in [9.17, 15) is 4.79 Å². The highest BCUT2D eigenvalue weighted by atomic mass is 16.2. The molecule has 1 heterocycles. The molecule has 1 amide bonds. The summed E-state index contributed by atoms with van der Waals surface area (Å²) in [6, 6.07) is 0.344. The van der Waals surface area contributed by atoms with Gasteiger partial charge in [0.05, 0.1) is 6.54 Å². The predicted octanol–water partition coefficient (Wildman–Crippen LogP) is 0.120. The Labute approximate surface area is 67.5 Å². The number of hydrogen-bond acceptors (Lipinski definition) is 2. The van der Waals surface area contributed by atoms with E-state index in [1.807, 2.05) is 0 Å².